The zero-order chi connectivity index (χ0) is 16.8. The van der Waals surface area contributed by atoms with Crippen LogP contribution in [0.1, 0.15) is 31.4 Å². The number of carbonyl (C=O) groups is 2. The van der Waals surface area contributed by atoms with Gasteiger partial charge in [0, 0.05) is 19.5 Å². The van der Waals surface area contributed by atoms with E-state index >= 15 is 0 Å². The molecular weight excluding hydrogens is 296 g/mol. The average molecular weight is 320 g/mol. The number of methoxy groups -OCH3 is 1. The lowest BCUT2D eigenvalue weighted by Crippen LogP contribution is -2.48. The van der Waals surface area contributed by atoms with Crippen molar-refractivity contribution >= 4 is 11.8 Å². The van der Waals surface area contributed by atoms with Crippen molar-refractivity contribution in [1.29, 1.82) is 0 Å². The first-order chi connectivity index (χ1) is 11.1. The van der Waals surface area contributed by atoms with Gasteiger partial charge in [-0.3, -0.25) is 9.59 Å². The van der Waals surface area contributed by atoms with Gasteiger partial charge in [0.05, 0.1) is 25.7 Å². The number of ether oxygens (including phenoxy) is 1. The van der Waals surface area contributed by atoms with Gasteiger partial charge in [-0.25, -0.2) is 0 Å². The molecular formula is C17H24N2O4. The van der Waals surface area contributed by atoms with Gasteiger partial charge in [0.25, 0.3) is 0 Å². The number of hydrogen-bond donors (Lipinski definition) is 2. The molecule has 0 radical (unpaired) electrons. The van der Waals surface area contributed by atoms with Crippen molar-refractivity contribution in [3.8, 4) is 5.75 Å². The standard InChI is InChI=1S/C17H24N2O4/c1-3-19-15(21)8-7-14(17(22)18-9-10-20)16(19)12-5-4-6-13(11-12)23-2/h4-6,11,14,16,20H,3,7-10H2,1-2H3,(H,18,22)/t14-,16+/m1/s1. The Morgan fingerprint density at radius 1 is 1.48 bits per heavy atom. The quantitative estimate of drug-likeness (QED) is 0.823. The molecule has 0 aromatic heterocycles. The van der Waals surface area contributed by atoms with Crippen LogP contribution in [0.4, 0.5) is 0 Å². The molecule has 0 unspecified atom stereocenters. The zero-order valence-electron chi connectivity index (χ0n) is 13.6. The number of nitrogens with zero attached hydrogens (tertiary/aromatic N) is 1. The summed E-state index contributed by atoms with van der Waals surface area (Å²) in [6.45, 7) is 2.59. The number of likely N-dealkylation sites (tertiary alicyclic amines) is 1. The van der Waals surface area contributed by atoms with E-state index in [1.807, 2.05) is 31.2 Å². The van der Waals surface area contributed by atoms with Crippen LogP contribution in [0, 0.1) is 5.92 Å². The number of benzene rings is 1. The van der Waals surface area contributed by atoms with E-state index in [2.05, 4.69) is 5.32 Å². The van der Waals surface area contributed by atoms with Crippen LogP contribution in [0.2, 0.25) is 0 Å². The van der Waals surface area contributed by atoms with Crippen molar-refractivity contribution in [3.05, 3.63) is 29.8 Å². The van der Waals surface area contributed by atoms with Crippen molar-refractivity contribution in [3.63, 3.8) is 0 Å². The molecule has 1 aromatic carbocycles. The maximum Gasteiger partial charge on any atom is 0.225 e. The Bertz CT molecular complexity index is 561. The lowest BCUT2D eigenvalue weighted by Gasteiger charge is -2.40. The maximum absolute atomic E-state index is 12.5. The summed E-state index contributed by atoms with van der Waals surface area (Å²) < 4.78 is 5.26. The van der Waals surface area contributed by atoms with Gasteiger partial charge in [0.15, 0.2) is 0 Å². The van der Waals surface area contributed by atoms with Gasteiger partial charge in [0.2, 0.25) is 11.8 Å². The third-order valence-electron chi connectivity index (χ3n) is 4.23. The van der Waals surface area contributed by atoms with Crippen LogP contribution >= 0.6 is 0 Å². The lowest BCUT2D eigenvalue weighted by atomic mass is 9.83. The van der Waals surface area contributed by atoms with E-state index in [0.29, 0.717) is 25.1 Å². The molecule has 6 nitrogen and oxygen atoms in total. The molecule has 126 valence electrons. The summed E-state index contributed by atoms with van der Waals surface area (Å²) in [5.41, 5.74) is 0.892. The second-order valence-electron chi connectivity index (χ2n) is 5.56. The molecule has 2 amide bonds. The summed E-state index contributed by atoms with van der Waals surface area (Å²) in [6.07, 6.45) is 0.875. The fourth-order valence-electron chi connectivity index (χ4n) is 3.15. The lowest BCUT2D eigenvalue weighted by molar-refractivity contribution is -0.143. The fourth-order valence-corrected chi connectivity index (χ4v) is 3.15. The maximum atomic E-state index is 12.5. The number of hydrogen-bond acceptors (Lipinski definition) is 4. The van der Waals surface area contributed by atoms with Gasteiger partial charge in [-0.15, -0.1) is 0 Å². The predicted octanol–water partition coefficient (Wildman–Crippen LogP) is 1.10. The Kier molecular flexibility index (Phi) is 5.98. The largest absolute Gasteiger partial charge is 0.497 e. The highest BCUT2D eigenvalue weighted by Gasteiger charge is 2.39. The minimum absolute atomic E-state index is 0.0616. The third kappa shape index (κ3) is 3.82. The molecule has 6 heteroatoms. The SMILES string of the molecule is CCN1C(=O)CC[C@@H](C(=O)NCCO)[C@@H]1c1cccc(OC)c1. The topological polar surface area (TPSA) is 78.9 Å². The number of rotatable bonds is 6. The van der Waals surface area contributed by atoms with E-state index in [0.717, 1.165) is 5.56 Å². The fraction of sp³-hybridized carbons (Fsp3) is 0.529. The Balaban J connectivity index is 2.35. The molecule has 2 rings (SSSR count). The van der Waals surface area contributed by atoms with Gasteiger partial charge in [-0.1, -0.05) is 12.1 Å². The number of carbonyl (C=O) groups excluding carboxylic acids is 2. The third-order valence-corrected chi connectivity index (χ3v) is 4.23. The van der Waals surface area contributed by atoms with E-state index in [4.69, 9.17) is 9.84 Å². The molecule has 23 heavy (non-hydrogen) atoms. The van der Waals surface area contributed by atoms with E-state index < -0.39 is 0 Å². The summed E-state index contributed by atoms with van der Waals surface area (Å²) in [5.74, 6) is 0.307. The molecule has 2 atom stereocenters. The molecule has 1 aliphatic heterocycles. The summed E-state index contributed by atoms with van der Waals surface area (Å²) in [5, 5.41) is 11.6. The molecule has 1 fully saturated rings. The van der Waals surface area contributed by atoms with Crippen LogP contribution in [0.3, 0.4) is 0 Å². The minimum atomic E-state index is -0.327. The highest BCUT2D eigenvalue weighted by atomic mass is 16.5. The smallest absolute Gasteiger partial charge is 0.225 e. The van der Waals surface area contributed by atoms with E-state index in [9.17, 15) is 9.59 Å². The van der Waals surface area contributed by atoms with Crippen molar-refractivity contribution < 1.29 is 19.4 Å². The van der Waals surface area contributed by atoms with Crippen molar-refractivity contribution in [2.24, 2.45) is 5.92 Å². The highest BCUT2D eigenvalue weighted by Crippen LogP contribution is 2.37. The van der Waals surface area contributed by atoms with Gasteiger partial charge >= 0.3 is 0 Å². The summed E-state index contributed by atoms with van der Waals surface area (Å²) in [7, 11) is 1.59. The first kappa shape index (κ1) is 17.3. The molecule has 0 saturated carbocycles. The van der Waals surface area contributed by atoms with E-state index in [1.165, 1.54) is 0 Å². The molecule has 1 saturated heterocycles. The second-order valence-corrected chi connectivity index (χ2v) is 5.56. The van der Waals surface area contributed by atoms with Crippen molar-refractivity contribution in [1.82, 2.24) is 10.2 Å². The average Bonchev–Trinajstić information content (AvgIpc) is 2.59. The summed E-state index contributed by atoms with van der Waals surface area (Å²) in [6, 6.07) is 7.18. The molecule has 0 spiro atoms. The van der Waals surface area contributed by atoms with Gasteiger partial charge in [0.1, 0.15) is 5.75 Å². The minimum Gasteiger partial charge on any atom is -0.497 e. The summed E-state index contributed by atoms with van der Waals surface area (Å²) >= 11 is 0. The van der Waals surface area contributed by atoms with Gasteiger partial charge in [-0.05, 0) is 31.0 Å². The molecule has 0 aliphatic carbocycles. The van der Waals surface area contributed by atoms with Crippen LogP contribution in [-0.2, 0) is 9.59 Å². The van der Waals surface area contributed by atoms with Crippen LogP contribution in [0.15, 0.2) is 24.3 Å². The molecule has 1 aromatic rings. The van der Waals surface area contributed by atoms with Crippen molar-refractivity contribution in [2.75, 3.05) is 26.8 Å². The normalized spacial score (nSPS) is 21.2. The van der Waals surface area contributed by atoms with E-state index in [1.54, 1.807) is 12.0 Å². The first-order valence-electron chi connectivity index (χ1n) is 7.94. The number of aliphatic hydroxyl groups excluding tert-OH is 1. The molecule has 1 heterocycles. The number of piperidine rings is 1. The van der Waals surface area contributed by atoms with Crippen molar-refractivity contribution in [2.45, 2.75) is 25.8 Å². The Morgan fingerprint density at radius 2 is 2.26 bits per heavy atom. The van der Waals surface area contributed by atoms with E-state index in [-0.39, 0.29) is 36.9 Å². The van der Waals surface area contributed by atoms with Crippen LogP contribution < -0.4 is 10.1 Å². The van der Waals surface area contributed by atoms with Gasteiger partial charge in [-0.2, -0.15) is 0 Å². The molecule has 2 N–H and O–H groups in total. The first-order valence-corrected chi connectivity index (χ1v) is 7.94. The Morgan fingerprint density at radius 3 is 2.91 bits per heavy atom. The van der Waals surface area contributed by atoms with Crippen LogP contribution in [0.25, 0.3) is 0 Å². The second kappa shape index (κ2) is 7.97. The monoisotopic (exact) mass is 320 g/mol. The molecule has 0 bridgehead atoms. The summed E-state index contributed by atoms with van der Waals surface area (Å²) in [4.78, 5) is 26.5. The number of nitrogens with one attached hydrogen (secondary N) is 1. The van der Waals surface area contributed by atoms with Gasteiger partial charge < -0.3 is 20.1 Å². The highest BCUT2D eigenvalue weighted by molar-refractivity contribution is 5.85. The zero-order valence-corrected chi connectivity index (χ0v) is 13.6. The number of amides is 2. The predicted molar refractivity (Wildman–Crippen MR) is 85.9 cm³/mol. The Labute approximate surface area is 136 Å². The Hall–Kier alpha value is -2.08. The molecule has 1 aliphatic rings. The number of aliphatic hydroxyl groups is 1. The van der Waals surface area contributed by atoms with Crippen LogP contribution in [-0.4, -0.2) is 48.6 Å². The van der Waals surface area contributed by atoms with Crippen LogP contribution in [0.5, 0.6) is 5.75 Å².